The van der Waals surface area contributed by atoms with Crippen LogP contribution in [0.15, 0.2) is 23.2 Å². The molecule has 1 aromatic carbocycles. The molecule has 10 heteroatoms. The van der Waals surface area contributed by atoms with Crippen molar-refractivity contribution in [1.82, 2.24) is 20.4 Å². The van der Waals surface area contributed by atoms with Crippen LogP contribution in [0.4, 0.5) is 17.6 Å². The number of nitrogens with one attached hydrogen (secondary N) is 2. The first kappa shape index (κ1) is 25.9. The van der Waals surface area contributed by atoms with Gasteiger partial charge in [0.2, 0.25) is 0 Å². The molecule has 0 bridgehead atoms. The van der Waals surface area contributed by atoms with Crippen molar-refractivity contribution in [2.75, 3.05) is 53.4 Å². The highest BCUT2D eigenvalue weighted by molar-refractivity contribution is 14.0. The number of rotatable bonds is 6. The van der Waals surface area contributed by atoms with Gasteiger partial charge in [0.15, 0.2) is 5.96 Å². The summed E-state index contributed by atoms with van der Waals surface area (Å²) < 4.78 is 52.4. The average molecular weight is 531 g/mol. The van der Waals surface area contributed by atoms with Crippen LogP contribution >= 0.6 is 24.0 Å². The van der Waals surface area contributed by atoms with Gasteiger partial charge in [0.25, 0.3) is 0 Å². The molecule has 1 heterocycles. The fourth-order valence-electron chi connectivity index (χ4n) is 3.20. The Morgan fingerprint density at radius 3 is 2.59 bits per heavy atom. The lowest BCUT2D eigenvalue weighted by atomic mass is 10.1. The Morgan fingerprint density at radius 1 is 1.14 bits per heavy atom. The summed E-state index contributed by atoms with van der Waals surface area (Å²) in [5, 5.41) is 5.99. The molecule has 0 unspecified atom stereocenters. The Bertz CT molecular complexity index is 654. The minimum atomic E-state index is -4.60. The van der Waals surface area contributed by atoms with Crippen molar-refractivity contribution in [3.05, 3.63) is 35.1 Å². The third-order valence-electron chi connectivity index (χ3n) is 4.80. The van der Waals surface area contributed by atoms with E-state index in [9.17, 15) is 17.6 Å². The van der Waals surface area contributed by atoms with Crippen LogP contribution in [0, 0.1) is 5.82 Å². The lowest BCUT2D eigenvalue weighted by Crippen LogP contribution is -2.39. The highest BCUT2D eigenvalue weighted by Gasteiger charge is 2.33. The van der Waals surface area contributed by atoms with E-state index in [0.717, 1.165) is 57.7 Å². The quantitative estimate of drug-likeness (QED) is 0.195. The molecular weight excluding hydrogens is 501 g/mol. The van der Waals surface area contributed by atoms with Crippen LogP contribution in [-0.4, -0.2) is 69.1 Å². The lowest BCUT2D eigenvalue weighted by molar-refractivity contribution is -0.138. The summed E-state index contributed by atoms with van der Waals surface area (Å²) in [7, 11) is 3.70. The maximum absolute atomic E-state index is 13.2. The first-order chi connectivity index (χ1) is 13.3. The Labute approximate surface area is 186 Å². The van der Waals surface area contributed by atoms with Crippen LogP contribution in [0.1, 0.15) is 24.0 Å². The predicted octanol–water partition coefficient (Wildman–Crippen LogP) is 3.16. The average Bonchev–Trinajstić information content (AvgIpc) is 2.85. The van der Waals surface area contributed by atoms with E-state index in [1.54, 1.807) is 7.05 Å². The van der Waals surface area contributed by atoms with E-state index < -0.39 is 17.6 Å². The molecule has 0 saturated carbocycles. The van der Waals surface area contributed by atoms with Crippen molar-refractivity contribution >= 4 is 29.9 Å². The van der Waals surface area contributed by atoms with Crippen molar-refractivity contribution in [3.63, 3.8) is 0 Å². The smallest absolute Gasteiger partial charge is 0.356 e. The number of aliphatic imine (C=N–C) groups is 1. The Hall–Kier alpha value is -1.14. The van der Waals surface area contributed by atoms with Gasteiger partial charge in [-0.25, -0.2) is 4.39 Å². The largest absolute Gasteiger partial charge is 0.416 e. The van der Waals surface area contributed by atoms with Crippen LogP contribution in [-0.2, 0) is 12.7 Å². The molecule has 0 amide bonds. The zero-order valence-electron chi connectivity index (χ0n) is 16.9. The van der Waals surface area contributed by atoms with Crippen molar-refractivity contribution in [3.8, 4) is 0 Å². The number of hydrogen-bond acceptors (Lipinski definition) is 3. The van der Waals surface area contributed by atoms with Crippen molar-refractivity contribution in [2.24, 2.45) is 4.99 Å². The number of benzene rings is 1. The van der Waals surface area contributed by atoms with Gasteiger partial charge in [0.1, 0.15) is 5.82 Å². The second-order valence-corrected chi connectivity index (χ2v) is 7.00. The molecule has 1 aliphatic heterocycles. The third kappa shape index (κ3) is 9.04. The number of halogens is 5. The molecule has 1 fully saturated rings. The summed E-state index contributed by atoms with van der Waals surface area (Å²) in [6.07, 6.45) is -2.53. The highest BCUT2D eigenvalue weighted by atomic mass is 127. The zero-order chi connectivity index (χ0) is 20.6. The minimum Gasteiger partial charge on any atom is -0.356 e. The summed E-state index contributed by atoms with van der Waals surface area (Å²) in [6.45, 7) is 5.86. The molecule has 0 aromatic heterocycles. The number of guanidine groups is 1. The van der Waals surface area contributed by atoms with E-state index in [1.807, 2.05) is 0 Å². The Kier molecular flexibility index (Phi) is 11.2. The second kappa shape index (κ2) is 12.5. The molecule has 0 aliphatic carbocycles. The maximum atomic E-state index is 13.2. The third-order valence-corrected chi connectivity index (χ3v) is 4.80. The molecule has 166 valence electrons. The van der Waals surface area contributed by atoms with E-state index in [1.165, 1.54) is 0 Å². The van der Waals surface area contributed by atoms with Gasteiger partial charge in [-0.1, -0.05) is 6.07 Å². The van der Waals surface area contributed by atoms with E-state index in [2.05, 4.69) is 32.5 Å². The molecule has 2 rings (SSSR count). The van der Waals surface area contributed by atoms with Gasteiger partial charge in [0, 0.05) is 33.2 Å². The van der Waals surface area contributed by atoms with Gasteiger partial charge in [-0.2, -0.15) is 13.2 Å². The zero-order valence-corrected chi connectivity index (χ0v) is 19.2. The number of hydrogen-bond donors (Lipinski definition) is 2. The molecule has 2 N–H and O–H groups in total. The molecular formula is C19H30F4IN5. The van der Waals surface area contributed by atoms with Crippen LogP contribution in [0.25, 0.3) is 0 Å². The van der Waals surface area contributed by atoms with Crippen LogP contribution in [0.2, 0.25) is 0 Å². The fraction of sp³-hybridized carbons (Fsp3) is 0.632. The van der Waals surface area contributed by atoms with Gasteiger partial charge in [0.05, 0.1) is 5.56 Å². The van der Waals surface area contributed by atoms with Crippen LogP contribution < -0.4 is 10.6 Å². The van der Waals surface area contributed by atoms with Crippen molar-refractivity contribution in [2.45, 2.75) is 25.6 Å². The summed E-state index contributed by atoms with van der Waals surface area (Å²) >= 11 is 0. The second-order valence-electron chi connectivity index (χ2n) is 7.00. The molecule has 0 radical (unpaired) electrons. The van der Waals surface area contributed by atoms with Gasteiger partial charge >= 0.3 is 6.18 Å². The molecule has 1 aliphatic rings. The summed E-state index contributed by atoms with van der Waals surface area (Å²) in [5.41, 5.74) is -0.993. The first-order valence-electron chi connectivity index (χ1n) is 9.50. The summed E-state index contributed by atoms with van der Waals surface area (Å²) in [5.74, 6) is -0.480. The van der Waals surface area contributed by atoms with Gasteiger partial charge in [-0.3, -0.25) is 4.99 Å². The summed E-state index contributed by atoms with van der Waals surface area (Å²) in [6, 6.07) is 2.70. The molecule has 29 heavy (non-hydrogen) atoms. The SMILES string of the molecule is CN=C(NCCCN1CCCN(C)CC1)NCc1ccc(F)cc1C(F)(F)F.I. The lowest BCUT2D eigenvalue weighted by Gasteiger charge is -2.20. The van der Waals surface area contributed by atoms with Crippen molar-refractivity contribution < 1.29 is 17.6 Å². The first-order valence-corrected chi connectivity index (χ1v) is 9.50. The number of likely N-dealkylation sites (N-methyl/N-ethyl adjacent to an activating group) is 1. The van der Waals surface area contributed by atoms with Crippen LogP contribution in [0.5, 0.6) is 0 Å². The number of alkyl halides is 3. The van der Waals surface area contributed by atoms with Crippen LogP contribution in [0.3, 0.4) is 0 Å². The molecule has 0 spiro atoms. The normalized spacial score (nSPS) is 16.8. The van der Waals surface area contributed by atoms with Gasteiger partial charge in [-0.15, -0.1) is 24.0 Å². The van der Waals surface area contributed by atoms with Gasteiger partial charge in [-0.05, 0) is 57.2 Å². The topological polar surface area (TPSA) is 42.9 Å². The minimum absolute atomic E-state index is 0. The van der Waals surface area contributed by atoms with E-state index in [4.69, 9.17) is 0 Å². The molecule has 0 atom stereocenters. The fourth-order valence-corrected chi connectivity index (χ4v) is 3.20. The maximum Gasteiger partial charge on any atom is 0.416 e. The predicted molar refractivity (Wildman–Crippen MR) is 118 cm³/mol. The standard InChI is InChI=1S/C19H29F4N5.HI/c1-24-18(25-7-3-9-28-10-4-8-27(2)11-12-28)26-14-15-5-6-16(20)13-17(15)19(21,22)23;/h5-6,13H,3-4,7-12,14H2,1-2H3,(H2,24,25,26);1H. The van der Waals surface area contributed by atoms with Crippen molar-refractivity contribution in [1.29, 1.82) is 0 Å². The van der Waals surface area contributed by atoms with E-state index >= 15 is 0 Å². The molecule has 5 nitrogen and oxygen atoms in total. The Morgan fingerprint density at radius 2 is 1.90 bits per heavy atom. The Balaban J connectivity index is 0.00000420. The highest BCUT2D eigenvalue weighted by Crippen LogP contribution is 2.32. The summed E-state index contributed by atoms with van der Waals surface area (Å²) in [4.78, 5) is 8.79. The molecule has 1 saturated heterocycles. The van der Waals surface area contributed by atoms with E-state index in [0.29, 0.717) is 18.6 Å². The van der Waals surface area contributed by atoms with E-state index in [-0.39, 0.29) is 36.1 Å². The number of nitrogens with zero attached hydrogens (tertiary/aromatic N) is 3. The van der Waals surface area contributed by atoms with Gasteiger partial charge < -0.3 is 20.4 Å². The molecule has 1 aromatic rings. The monoisotopic (exact) mass is 531 g/mol.